The fraction of sp³-hybridized carbons (Fsp3) is 0.200. The van der Waals surface area contributed by atoms with E-state index in [1.807, 2.05) is 36.4 Å². The van der Waals surface area contributed by atoms with Gasteiger partial charge in [0.15, 0.2) is 0 Å². The molecule has 0 fully saturated rings. The molecule has 2 atom stereocenters. The number of carbonyl (C=O) groups excluding carboxylic acids is 1. The summed E-state index contributed by atoms with van der Waals surface area (Å²) in [6.45, 7) is 0. The number of hydrogen-bond donors (Lipinski definition) is 2. The zero-order valence-corrected chi connectivity index (χ0v) is 10.8. The number of aromatic nitrogens is 2. The summed E-state index contributed by atoms with van der Waals surface area (Å²) in [7, 11) is 0. The smallest absolute Gasteiger partial charge is 0.324 e. The number of rotatable bonds is 4. The van der Waals surface area contributed by atoms with Crippen molar-refractivity contribution >= 4 is 12.0 Å². The van der Waals surface area contributed by atoms with Crippen molar-refractivity contribution in [3.63, 3.8) is 0 Å². The van der Waals surface area contributed by atoms with Crippen LogP contribution in [-0.4, -0.2) is 22.0 Å². The Morgan fingerprint density at radius 2 is 2.30 bits per heavy atom. The number of benzene rings is 1. The molecule has 2 aromatic rings. The predicted octanol–water partition coefficient (Wildman–Crippen LogP) is 1.59. The summed E-state index contributed by atoms with van der Waals surface area (Å²) in [4.78, 5) is 18.8. The van der Waals surface area contributed by atoms with Gasteiger partial charge >= 0.3 is 5.97 Å². The van der Waals surface area contributed by atoms with Crippen molar-refractivity contribution in [2.45, 2.75) is 18.6 Å². The Hall–Kier alpha value is -2.40. The van der Waals surface area contributed by atoms with Crippen LogP contribution in [0.25, 0.3) is 6.08 Å². The maximum Gasteiger partial charge on any atom is 0.324 e. The summed E-state index contributed by atoms with van der Waals surface area (Å²) in [5.74, 6) is -0.411. The summed E-state index contributed by atoms with van der Waals surface area (Å²) in [6.07, 6.45) is 7.07. The number of nitrogens with one attached hydrogen (secondary N) is 1. The number of hydrogen-bond acceptors (Lipinski definition) is 4. The summed E-state index contributed by atoms with van der Waals surface area (Å²) in [5.41, 5.74) is 8.75. The van der Waals surface area contributed by atoms with Gasteiger partial charge in [0, 0.05) is 23.9 Å². The van der Waals surface area contributed by atoms with Gasteiger partial charge in [0.05, 0.1) is 6.33 Å². The quantitative estimate of drug-likeness (QED) is 0.826. The molecule has 0 saturated carbocycles. The zero-order valence-electron chi connectivity index (χ0n) is 10.8. The molecular formula is C15H15N3O2. The molecule has 0 saturated heterocycles. The molecule has 1 aliphatic rings. The molecule has 5 heteroatoms. The van der Waals surface area contributed by atoms with Gasteiger partial charge in [0.1, 0.15) is 12.1 Å². The molecule has 1 heterocycles. The van der Waals surface area contributed by atoms with Gasteiger partial charge < -0.3 is 15.5 Å². The van der Waals surface area contributed by atoms with Crippen molar-refractivity contribution in [3.8, 4) is 0 Å². The molecule has 20 heavy (non-hydrogen) atoms. The highest BCUT2D eigenvalue weighted by Gasteiger charge is 2.24. The van der Waals surface area contributed by atoms with Gasteiger partial charge in [0.25, 0.3) is 0 Å². The number of imidazole rings is 1. The summed E-state index contributed by atoms with van der Waals surface area (Å²) in [6, 6.07) is 7.13. The Morgan fingerprint density at radius 3 is 3.10 bits per heavy atom. The van der Waals surface area contributed by atoms with Gasteiger partial charge in [-0.25, -0.2) is 4.98 Å². The number of carbonyl (C=O) groups is 1. The number of nitrogens with zero attached hydrogens (tertiary/aromatic N) is 1. The SMILES string of the molecule is N[C@@H](Cc1cnc[nH]1)C(=O)OC1C=Cc2ccccc21. The van der Waals surface area contributed by atoms with Crippen molar-refractivity contribution in [3.05, 3.63) is 59.7 Å². The zero-order chi connectivity index (χ0) is 13.9. The van der Waals surface area contributed by atoms with Crippen LogP contribution in [0.4, 0.5) is 0 Å². The number of nitrogens with two attached hydrogens (primary N) is 1. The predicted molar refractivity (Wildman–Crippen MR) is 74.6 cm³/mol. The van der Waals surface area contributed by atoms with Gasteiger partial charge in [-0.3, -0.25) is 4.79 Å². The molecule has 0 amide bonds. The molecule has 0 spiro atoms. The van der Waals surface area contributed by atoms with Crippen LogP contribution in [0.3, 0.4) is 0 Å². The molecule has 0 radical (unpaired) electrons. The van der Waals surface area contributed by atoms with Crippen molar-refractivity contribution in [1.29, 1.82) is 0 Å². The van der Waals surface area contributed by atoms with Gasteiger partial charge in [-0.2, -0.15) is 0 Å². The summed E-state index contributed by atoms with van der Waals surface area (Å²) >= 11 is 0. The first kappa shape index (κ1) is 12.6. The average Bonchev–Trinajstić information content (AvgIpc) is 3.09. The van der Waals surface area contributed by atoms with E-state index in [0.29, 0.717) is 6.42 Å². The molecule has 102 valence electrons. The fourth-order valence-electron chi connectivity index (χ4n) is 2.25. The van der Waals surface area contributed by atoms with Gasteiger partial charge in [0.2, 0.25) is 0 Å². The molecule has 3 N–H and O–H groups in total. The number of fused-ring (bicyclic) bond motifs is 1. The molecule has 1 aliphatic carbocycles. The average molecular weight is 269 g/mol. The summed E-state index contributed by atoms with van der Waals surface area (Å²) < 4.78 is 5.46. The third kappa shape index (κ3) is 2.48. The molecule has 5 nitrogen and oxygen atoms in total. The Kier molecular flexibility index (Phi) is 3.35. The van der Waals surface area contributed by atoms with E-state index in [4.69, 9.17) is 10.5 Å². The first-order valence-corrected chi connectivity index (χ1v) is 6.44. The topological polar surface area (TPSA) is 81.0 Å². The van der Waals surface area contributed by atoms with Crippen LogP contribution in [0.2, 0.25) is 0 Å². The Bertz CT molecular complexity index is 634. The number of aromatic amines is 1. The minimum absolute atomic E-state index is 0.341. The highest BCUT2D eigenvalue weighted by Crippen LogP contribution is 2.30. The van der Waals surface area contributed by atoms with Crippen LogP contribution in [0.1, 0.15) is 22.9 Å². The van der Waals surface area contributed by atoms with E-state index in [1.165, 1.54) is 0 Å². The van der Waals surface area contributed by atoms with E-state index >= 15 is 0 Å². The monoisotopic (exact) mass is 269 g/mol. The highest BCUT2D eigenvalue weighted by molar-refractivity contribution is 5.77. The minimum atomic E-state index is -0.698. The van der Waals surface area contributed by atoms with Crippen LogP contribution < -0.4 is 5.73 Å². The maximum atomic E-state index is 12.0. The third-order valence-corrected chi connectivity index (χ3v) is 3.29. The van der Waals surface area contributed by atoms with Crippen LogP contribution in [0, 0.1) is 0 Å². The first-order chi connectivity index (χ1) is 9.74. The molecule has 3 rings (SSSR count). The maximum absolute atomic E-state index is 12.0. The minimum Gasteiger partial charge on any atom is -0.452 e. The molecule has 1 aromatic heterocycles. The van der Waals surface area contributed by atoms with Crippen molar-refractivity contribution < 1.29 is 9.53 Å². The van der Waals surface area contributed by atoms with Crippen LogP contribution in [0.15, 0.2) is 42.9 Å². The van der Waals surface area contributed by atoms with E-state index in [9.17, 15) is 4.79 Å². The Morgan fingerprint density at radius 1 is 1.45 bits per heavy atom. The second kappa shape index (κ2) is 5.30. The normalized spacial score (nSPS) is 17.8. The molecule has 1 unspecified atom stereocenters. The fourth-order valence-corrected chi connectivity index (χ4v) is 2.25. The van der Waals surface area contributed by atoms with Crippen molar-refractivity contribution in [2.24, 2.45) is 5.73 Å². The number of esters is 1. The second-order valence-electron chi connectivity index (χ2n) is 4.73. The van der Waals surface area contributed by atoms with Crippen molar-refractivity contribution in [1.82, 2.24) is 9.97 Å². The van der Waals surface area contributed by atoms with E-state index in [1.54, 1.807) is 12.5 Å². The Labute approximate surface area is 116 Å². The van der Waals surface area contributed by atoms with Gasteiger partial charge in [-0.15, -0.1) is 0 Å². The van der Waals surface area contributed by atoms with E-state index in [-0.39, 0.29) is 6.10 Å². The lowest BCUT2D eigenvalue weighted by atomic mass is 10.1. The molecule has 0 aliphatic heterocycles. The Balaban J connectivity index is 1.64. The van der Waals surface area contributed by atoms with Crippen molar-refractivity contribution in [2.75, 3.05) is 0 Å². The van der Waals surface area contributed by atoms with Gasteiger partial charge in [-0.1, -0.05) is 30.3 Å². The number of H-pyrrole nitrogens is 1. The molecular weight excluding hydrogens is 254 g/mol. The standard InChI is InChI=1S/C15H15N3O2/c16-13(7-11-8-17-9-18-11)15(19)20-14-6-5-10-3-1-2-4-12(10)14/h1-6,8-9,13-14H,7,16H2,(H,17,18)/t13-,14?/m0/s1. The molecule has 0 bridgehead atoms. The van der Waals surface area contributed by atoms with Crippen LogP contribution >= 0.6 is 0 Å². The lowest BCUT2D eigenvalue weighted by Crippen LogP contribution is -2.35. The first-order valence-electron chi connectivity index (χ1n) is 6.44. The second-order valence-corrected chi connectivity index (χ2v) is 4.73. The molecule has 1 aromatic carbocycles. The van der Waals surface area contributed by atoms with Crippen LogP contribution in [-0.2, 0) is 16.0 Å². The highest BCUT2D eigenvalue weighted by atomic mass is 16.5. The van der Waals surface area contributed by atoms with E-state index in [0.717, 1.165) is 16.8 Å². The van der Waals surface area contributed by atoms with Crippen LogP contribution in [0.5, 0.6) is 0 Å². The largest absolute Gasteiger partial charge is 0.452 e. The van der Waals surface area contributed by atoms with Gasteiger partial charge in [-0.05, 0) is 11.6 Å². The lowest BCUT2D eigenvalue weighted by molar-refractivity contribution is -0.148. The lowest BCUT2D eigenvalue weighted by Gasteiger charge is -2.16. The van der Waals surface area contributed by atoms with E-state index in [2.05, 4.69) is 9.97 Å². The third-order valence-electron chi connectivity index (χ3n) is 3.29. The number of ether oxygens (including phenoxy) is 1. The summed E-state index contributed by atoms with van der Waals surface area (Å²) in [5, 5.41) is 0. The van der Waals surface area contributed by atoms with E-state index < -0.39 is 12.0 Å².